The van der Waals surface area contributed by atoms with E-state index in [1.807, 2.05) is 36.4 Å². The van der Waals surface area contributed by atoms with Gasteiger partial charge in [0.1, 0.15) is 5.75 Å². The lowest BCUT2D eigenvalue weighted by atomic mass is 10.2. The van der Waals surface area contributed by atoms with Crippen LogP contribution in [0.5, 0.6) is 5.75 Å². The number of hydrogen-bond donors (Lipinski definition) is 2. The number of methoxy groups -OCH3 is 1. The maximum absolute atomic E-state index is 11.9. The highest BCUT2D eigenvalue weighted by Gasteiger charge is 2.08. The average Bonchev–Trinajstić information content (AvgIpc) is 2.54. The van der Waals surface area contributed by atoms with Crippen molar-refractivity contribution in [1.82, 2.24) is 5.43 Å². The second-order valence-electron chi connectivity index (χ2n) is 4.67. The van der Waals surface area contributed by atoms with Crippen LogP contribution >= 0.6 is 47.8 Å². The molecule has 0 saturated carbocycles. The van der Waals surface area contributed by atoms with Gasteiger partial charge in [0.2, 0.25) is 0 Å². The minimum Gasteiger partial charge on any atom is -0.497 e. The van der Waals surface area contributed by atoms with Gasteiger partial charge in [-0.1, -0.05) is 28.1 Å². The molecule has 24 heavy (non-hydrogen) atoms. The van der Waals surface area contributed by atoms with Crippen LogP contribution in [0.4, 0.5) is 5.69 Å². The molecule has 0 saturated heterocycles. The topological polar surface area (TPSA) is 62.7 Å². The molecule has 0 fully saturated rings. The first-order valence-electron chi connectivity index (χ1n) is 6.84. The molecular weight excluding hydrogens is 506 g/mol. The summed E-state index contributed by atoms with van der Waals surface area (Å²) in [4.78, 5) is 11.9. The fourth-order valence-corrected chi connectivity index (χ4v) is 4.36. The van der Waals surface area contributed by atoms with Crippen molar-refractivity contribution in [2.45, 2.75) is 0 Å². The third-order valence-electron chi connectivity index (χ3n) is 2.93. The van der Waals surface area contributed by atoms with Crippen molar-refractivity contribution in [2.75, 3.05) is 19.0 Å². The van der Waals surface area contributed by atoms with Crippen LogP contribution in [-0.4, -0.2) is 25.8 Å². The Balaban J connectivity index is 1.89. The van der Waals surface area contributed by atoms with Gasteiger partial charge in [0, 0.05) is 13.4 Å². The zero-order valence-electron chi connectivity index (χ0n) is 12.6. The summed E-state index contributed by atoms with van der Waals surface area (Å²) in [6.45, 7) is 0.0916. The number of benzene rings is 2. The molecule has 0 aliphatic heterocycles. The Morgan fingerprint density at radius 2 is 1.92 bits per heavy atom. The number of hydrazone groups is 1. The fraction of sp³-hybridized carbons (Fsp3) is 0.125. The largest absolute Gasteiger partial charge is 0.497 e. The summed E-state index contributed by atoms with van der Waals surface area (Å²) < 4.78 is 7.75. The molecule has 8 heteroatoms. The number of nitrogens with one attached hydrogen (secondary N) is 2. The van der Waals surface area contributed by atoms with E-state index in [1.165, 1.54) is 0 Å². The molecule has 5 nitrogen and oxygen atoms in total. The lowest BCUT2D eigenvalue weighted by Crippen LogP contribution is -2.26. The Bertz CT molecular complexity index is 743. The lowest BCUT2D eigenvalue weighted by molar-refractivity contribution is -0.119. The number of halogens is 3. The van der Waals surface area contributed by atoms with Crippen molar-refractivity contribution in [3.8, 4) is 5.75 Å². The molecular formula is C16H14Br3N3O2. The molecule has 0 aliphatic rings. The van der Waals surface area contributed by atoms with E-state index < -0.39 is 0 Å². The Hall–Kier alpha value is -1.38. The third kappa shape index (κ3) is 5.61. The molecule has 0 radical (unpaired) electrons. The zero-order chi connectivity index (χ0) is 17.5. The minimum absolute atomic E-state index is 0.0916. The monoisotopic (exact) mass is 517 g/mol. The van der Waals surface area contributed by atoms with Crippen LogP contribution in [-0.2, 0) is 4.79 Å². The Labute approximate surface area is 165 Å². The minimum atomic E-state index is -0.254. The van der Waals surface area contributed by atoms with Gasteiger partial charge in [0.25, 0.3) is 5.91 Å². The first-order chi connectivity index (χ1) is 11.5. The molecule has 2 rings (SSSR count). The van der Waals surface area contributed by atoms with Gasteiger partial charge in [-0.3, -0.25) is 4.79 Å². The van der Waals surface area contributed by atoms with Crippen LogP contribution in [0.15, 0.2) is 54.9 Å². The van der Waals surface area contributed by atoms with Gasteiger partial charge in [0.05, 0.1) is 25.6 Å². The predicted octanol–water partition coefficient (Wildman–Crippen LogP) is 4.54. The lowest BCUT2D eigenvalue weighted by Gasteiger charge is -2.10. The van der Waals surface area contributed by atoms with Crippen LogP contribution < -0.4 is 15.5 Å². The van der Waals surface area contributed by atoms with Crippen LogP contribution in [0.3, 0.4) is 0 Å². The number of ether oxygens (including phenoxy) is 1. The van der Waals surface area contributed by atoms with Crippen LogP contribution in [0.1, 0.15) is 5.56 Å². The van der Waals surface area contributed by atoms with Crippen LogP contribution in [0.2, 0.25) is 0 Å². The normalized spacial score (nSPS) is 10.7. The Kier molecular flexibility index (Phi) is 7.26. The van der Waals surface area contributed by atoms with Crippen molar-refractivity contribution in [3.63, 3.8) is 0 Å². The second-order valence-corrected chi connectivity index (χ2v) is 7.29. The maximum Gasteiger partial charge on any atom is 0.259 e. The zero-order valence-corrected chi connectivity index (χ0v) is 17.4. The Morgan fingerprint density at radius 3 is 2.58 bits per heavy atom. The highest BCUT2D eigenvalue weighted by molar-refractivity contribution is 9.11. The van der Waals surface area contributed by atoms with Crippen molar-refractivity contribution in [1.29, 1.82) is 0 Å². The molecule has 2 N–H and O–H groups in total. The van der Waals surface area contributed by atoms with E-state index in [0.717, 1.165) is 30.4 Å². The number of rotatable bonds is 6. The van der Waals surface area contributed by atoms with E-state index in [2.05, 4.69) is 63.6 Å². The van der Waals surface area contributed by atoms with Crippen LogP contribution in [0.25, 0.3) is 0 Å². The van der Waals surface area contributed by atoms with Gasteiger partial charge in [-0.05, 0) is 61.7 Å². The number of amides is 1. The second kappa shape index (κ2) is 9.19. The average molecular weight is 520 g/mol. The maximum atomic E-state index is 11.9. The molecule has 1 amide bonds. The molecule has 126 valence electrons. The number of anilines is 1. The number of carbonyl (C=O) groups is 1. The summed E-state index contributed by atoms with van der Waals surface area (Å²) in [5.74, 6) is 0.479. The SMILES string of the molecule is COc1cccc(C=NNC(=O)CNc2c(Br)cc(Br)cc2Br)c1. The smallest absolute Gasteiger partial charge is 0.259 e. The summed E-state index contributed by atoms with van der Waals surface area (Å²) in [7, 11) is 1.60. The first-order valence-corrected chi connectivity index (χ1v) is 9.22. The van der Waals surface area contributed by atoms with Gasteiger partial charge >= 0.3 is 0 Å². The number of carbonyl (C=O) groups excluding carboxylic acids is 1. The summed E-state index contributed by atoms with van der Waals surface area (Å²) >= 11 is 10.3. The van der Waals surface area contributed by atoms with Gasteiger partial charge in [-0.15, -0.1) is 0 Å². The van der Waals surface area contributed by atoms with E-state index in [0.29, 0.717) is 0 Å². The van der Waals surface area contributed by atoms with E-state index in [-0.39, 0.29) is 12.5 Å². The molecule has 2 aromatic rings. The van der Waals surface area contributed by atoms with Gasteiger partial charge in [0.15, 0.2) is 0 Å². The molecule has 2 aromatic carbocycles. The summed E-state index contributed by atoms with van der Waals surface area (Å²) in [5.41, 5.74) is 4.11. The van der Waals surface area contributed by atoms with Gasteiger partial charge in [-0.2, -0.15) is 5.10 Å². The Morgan fingerprint density at radius 1 is 1.21 bits per heavy atom. The van der Waals surface area contributed by atoms with E-state index in [9.17, 15) is 4.79 Å². The van der Waals surface area contributed by atoms with Gasteiger partial charge in [-0.25, -0.2) is 5.43 Å². The van der Waals surface area contributed by atoms with Crippen molar-refractivity contribution in [2.24, 2.45) is 5.10 Å². The van der Waals surface area contributed by atoms with Crippen LogP contribution in [0, 0.1) is 0 Å². The van der Waals surface area contributed by atoms with Gasteiger partial charge < -0.3 is 10.1 Å². The van der Waals surface area contributed by atoms with E-state index in [1.54, 1.807) is 13.3 Å². The summed E-state index contributed by atoms with van der Waals surface area (Å²) in [6, 6.07) is 11.2. The fourth-order valence-electron chi connectivity index (χ4n) is 1.82. The molecule has 0 unspecified atom stereocenters. The standard InChI is InChI=1S/C16H14Br3N3O2/c1-24-12-4-2-3-10(5-12)8-21-22-15(23)9-20-16-13(18)6-11(17)7-14(16)19/h2-8,20H,9H2,1H3,(H,22,23). The van der Waals surface area contributed by atoms with E-state index >= 15 is 0 Å². The van der Waals surface area contributed by atoms with Crippen molar-refractivity contribution in [3.05, 3.63) is 55.4 Å². The third-order valence-corrected chi connectivity index (χ3v) is 4.64. The quantitative estimate of drug-likeness (QED) is 0.435. The van der Waals surface area contributed by atoms with E-state index in [4.69, 9.17) is 4.74 Å². The number of hydrogen-bond acceptors (Lipinski definition) is 4. The van der Waals surface area contributed by atoms with Crippen molar-refractivity contribution >= 4 is 65.6 Å². The first kappa shape index (κ1) is 19.0. The highest BCUT2D eigenvalue weighted by atomic mass is 79.9. The molecule has 0 heterocycles. The molecule has 0 spiro atoms. The molecule has 0 atom stereocenters. The molecule has 0 bridgehead atoms. The number of nitrogens with zero attached hydrogens (tertiary/aromatic N) is 1. The summed E-state index contributed by atoms with van der Waals surface area (Å²) in [5, 5.41) is 6.99. The highest BCUT2D eigenvalue weighted by Crippen LogP contribution is 2.34. The predicted molar refractivity (Wildman–Crippen MR) is 107 cm³/mol. The summed E-state index contributed by atoms with van der Waals surface area (Å²) in [6.07, 6.45) is 1.56. The molecule has 0 aliphatic carbocycles. The van der Waals surface area contributed by atoms with Crippen molar-refractivity contribution < 1.29 is 9.53 Å². The molecule has 0 aromatic heterocycles.